The molecule has 18 heavy (non-hydrogen) atoms. The number of anilines is 1. The quantitative estimate of drug-likeness (QED) is 0.820. The minimum atomic E-state index is -0.976. The maximum Gasteiger partial charge on any atom is 0.411 e. The van der Waals surface area contributed by atoms with Gasteiger partial charge in [-0.3, -0.25) is 10.1 Å². The van der Waals surface area contributed by atoms with Crippen LogP contribution in [0.15, 0.2) is 35.3 Å². The molecule has 0 radical (unpaired) electrons. The second-order valence-electron chi connectivity index (χ2n) is 3.36. The molecule has 5 nitrogen and oxygen atoms in total. The predicted octanol–water partition coefficient (Wildman–Crippen LogP) is 2.81. The van der Waals surface area contributed by atoms with Gasteiger partial charge in [-0.05, 0) is 27.6 Å². The number of carbonyl (C=O) groups excluding carboxylic acids is 1. The van der Waals surface area contributed by atoms with Gasteiger partial charge in [-0.15, -0.1) is 0 Å². The van der Waals surface area contributed by atoms with Crippen LogP contribution in [-0.4, -0.2) is 23.8 Å². The van der Waals surface area contributed by atoms with Crippen molar-refractivity contribution < 1.29 is 19.4 Å². The predicted molar refractivity (Wildman–Crippen MR) is 70.6 cm³/mol. The average Bonchev–Trinajstić information content (AvgIpc) is 2.30. The van der Waals surface area contributed by atoms with Crippen LogP contribution in [0.3, 0.4) is 0 Å². The number of ether oxygens (including phenoxy) is 1. The lowest BCUT2D eigenvalue weighted by atomic mass is 10.1. The van der Waals surface area contributed by atoms with E-state index in [-0.39, 0.29) is 13.0 Å². The molecule has 0 unspecified atom stereocenters. The Balaban J connectivity index is 2.88. The Hall–Kier alpha value is -1.82. The van der Waals surface area contributed by atoms with E-state index in [9.17, 15) is 9.59 Å². The standard InChI is InChI=1S/C12H12BrNO4/c1-2-6-18-12(17)14-11-8(7-10(15)16)4-3-5-9(11)13/h2-5H,1,6-7H2,(H,14,17)(H,15,16). The fourth-order valence-corrected chi connectivity index (χ4v) is 1.80. The number of amides is 1. The summed E-state index contributed by atoms with van der Waals surface area (Å²) in [6.45, 7) is 3.51. The molecule has 0 saturated carbocycles. The molecule has 1 rings (SSSR count). The van der Waals surface area contributed by atoms with Crippen LogP contribution in [0.4, 0.5) is 10.5 Å². The molecular weight excluding hydrogens is 302 g/mol. The third-order valence-corrected chi connectivity index (χ3v) is 2.66. The van der Waals surface area contributed by atoms with E-state index in [4.69, 9.17) is 9.84 Å². The average molecular weight is 314 g/mol. The van der Waals surface area contributed by atoms with Crippen LogP contribution in [-0.2, 0) is 16.0 Å². The number of hydrogen-bond acceptors (Lipinski definition) is 3. The van der Waals surface area contributed by atoms with Crippen molar-refractivity contribution in [2.45, 2.75) is 6.42 Å². The van der Waals surface area contributed by atoms with Crippen LogP contribution in [0.5, 0.6) is 0 Å². The molecule has 0 saturated heterocycles. The third-order valence-electron chi connectivity index (χ3n) is 2.00. The number of nitrogens with one attached hydrogen (secondary N) is 1. The minimum Gasteiger partial charge on any atom is -0.481 e. The van der Waals surface area contributed by atoms with Crippen LogP contribution < -0.4 is 5.32 Å². The Morgan fingerprint density at radius 2 is 2.22 bits per heavy atom. The van der Waals surface area contributed by atoms with Crippen LogP contribution in [0, 0.1) is 0 Å². The Morgan fingerprint density at radius 3 is 2.83 bits per heavy atom. The summed E-state index contributed by atoms with van der Waals surface area (Å²) in [6, 6.07) is 5.03. The van der Waals surface area contributed by atoms with Gasteiger partial charge in [-0.25, -0.2) is 4.79 Å². The van der Waals surface area contributed by atoms with Crippen molar-refractivity contribution in [3.8, 4) is 0 Å². The number of carbonyl (C=O) groups is 2. The van der Waals surface area contributed by atoms with E-state index in [1.54, 1.807) is 18.2 Å². The number of carboxylic acid groups (broad SMARTS) is 1. The highest BCUT2D eigenvalue weighted by molar-refractivity contribution is 9.10. The van der Waals surface area contributed by atoms with Crippen LogP contribution in [0.1, 0.15) is 5.56 Å². The zero-order valence-electron chi connectivity index (χ0n) is 9.48. The molecule has 1 amide bonds. The van der Waals surface area contributed by atoms with Gasteiger partial charge in [0, 0.05) is 4.47 Å². The number of aliphatic carboxylic acids is 1. The van der Waals surface area contributed by atoms with Crippen molar-refractivity contribution >= 4 is 33.7 Å². The lowest BCUT2D eigenvalue weighted by Gasteiger charge is -2.11. The van der Waals surface area contributed by atoms with Gasteiger partial charge in [0.15, 0.2) is 0 Å². The first-order chi connectivity index (χ1) is 8.54. The zero-order valence-corrected chi connectivity index (χ0v) is 11.1. The summed E-state index contributed by atoms with van der Waals surface area (Å²) in [4.78, 5) is 22.1. The normalized spacial score (nSPS) is 9.61. The Bertz CT molecular complexity index is 473. The highest BCUT2D eigenvalue weighted by Crippen LogP contribution is 2.27. The highest BCUT2D eigenvalue weighted by atomic mass is 79.9. The molecule has 6 heteroatoms. The number of carboxylic acids is 1. The first-order valence-corrected chi connectivity index (χ1v) is 5.87. The van der Waals surface area contributed by atoms with E-state index >= 15 is 0 Å². The van der Waals surface area contributed by atoms with E-state index in [1.165, 1.54) is 6.08 Å². The minimum absolute atomic E-state index is 0.0878. The number of para-hydroxylation sites is 1. The van der Waals surface area contributed by atoms with Crippen molar-refractivity contribution in [3.05, 3.63) is 40.9 Å². The molecular formula is C12H12BrNO4. The van der Waals surface area contributed by atoms with Crippen molar-refractivity contribution in [1.29, 1.82) is 0 Å². The molecule has 1 aromatic rings. The van der Waals surface area contributed by atoms with E-state index < -0.39 is 12.1 Å². The summed E-state index contributed by atoms with van der Waals surface area (Å²) in [5, 5.41) is 11.3. The summed E-state index contributed by atoms with van der Waals surface area (Å²) in [6.07, 6.45) is 0.599. The Labute approximate surface area is 113 Å². The number of halogens is 1. The number of rotatable bonds is 5. The summed E-state index contributed by atoms with van der Waals surface area (Å²) < 4.78 is 5.37. The summed E-state index contributed by atoms with van der Waals surface area (Å²) in [5.74, 6) is -0.976. The fraction of sp³-hybridized carbons (Fsp3) is 0.167. The lowest BCUT2D eigenvalue weighted by molar-refractivity contribution is -0.136. The number of benzene rings is 1. The van der Waals surface area contributed by atoms with E-state index in [1.807, 2.05) is 0 Å². The maximum absolute atomic E-state index is 11.4. The van der Waals surface area contributed by atoms with E-state index in [0.29, 0.717) is 15.7 Å². The number of hydrogen-bond donors (Lipinski definition) is 2. The van der Waals surface area contributed by atoms with Crippen molar-refractivity contribution in [2.75, 3.05) is 11.9 Å². The molecule has 0 spiro atoms. The molecule has 0 atom stereocenters. The van der Waals surface area contributed by atoms with Crippen LogP contribution >= 0.6 is 15.9 Å². The van der Waals surface area contributed by atoms with E-state index in [0.717, 1.165) is 0 Å². The lowest BCUT2D eigenvalue weighted by Crippen LogP contribution is -2.16. The molecule has 2 N–H and O–H groups in total. The van der Waals surface area contributed by atoms with E-state index in [2.05, 4.69) is 27.8 Å². The Kier molecular flexibility index (Phi) is 5.38. The fourth-order valence-electron chi connectivity index (χ4n) is 1.29. The first-order valence-electron chi connectivity index (χ1n) is 5.08. The van der Waals surface area contributed by atoms with Crippen molar-refractivity contribution in [3.63, 3.8) is 0 Å². The first kappa shape index (κ1) is 14.2. The second kappa shape index (κ2) is 6.80. The van der Waals surface area contributed by atoms with Gasteiger partial charge in [0.1, 0.15) is 6.61 Å². The van der Waals surface area contributed by atoms with Gasteiger partial charge in [-0.2, -0.15) is 0 Å². The molecule has 0 aliphatic heterocycles. The largest absolute Gasteiger partial charge is 0.481 e. The second-order valence-corrected chi connectivity index (χ2v) is 4.21. The molecule has 0 heterocycles. The smallest absolute Gasteiger partial charge is 0.411 e. The molecule has 1 aromatic carbocycles. The van der Waals surface area contributed by atoms with Crippen LogP contribution in [0.2, 0.25) is 0 Å². The molecule has 0 aliphatic rings. The Morgan fingerprint density at radius 1 is 1.50 bits per heavy atom. The van der Waals surface area contributed by atoms with Gasteiger partial charge >= 0.3 is 12.1 Å². The summed E-state index contributed by atoms with van der Waals surface area (Å²) in [5.41, 5.74) is 0.890. The maximum atomic E-state index is 11.4. The van der Waals surface area contributed by atoms with Crippen molar-refractivity contribution in [2.24, 2.45) is 0 Å². The molecule has 0 bridgehead atoms. The third kappa shape index (κ3) is 4.21. The molecule has 0 aliphatic carbocycles. The van der Waals surface area contributed by atoms with Gasteiger partial charge < -0.3 is 9.84 Å². The molecule has 0 fully saturated rings. The zero-order chi connectivity index (χ0) is 13.5. The van der Waals surface area contributed by atoms with Gasteiger partial charge in [0.25, 0.3) is 0 Å². The summed E-state index contributed by atoms with van der Waals surface area (Å²) in [7, 11) is 0. The van der Waals surface area contributed by atoms with Gasteiger partial charge in [0.05, 0.1) is 12.1 Å². The van der Waals surface area contributed by atoms with Gasteiger partial charge in [-0.1, -0.05) is 24.8 Å². The highest BCUT2D eigenvalue weighted by Gasteiger charge is 2.13. The molecule has 96 valence electrons. The van der Waals surface area contributed by atoms with Gasteiger partial charge in [0.2, 0.25) is 0 Å². The monoisotopic (exact) mass is 313 g/mol. The van der Waals surface area contributed by atoms with Crippen molar-refractivity contribution in [1.82, 2.24) is 0 Å². The topological polar surface area (TPSA) is 75.6 Å². The molecule has 0 aromatic heterocycles. The summed E-state index contributed by atoms with van der Waals surface area (Å²) >= 11 is 3.25. The SMILES string of the molecule is C=CCOC(=O)Nc1c(Br)cccc1CC(=O)O. The van der Waals surface area contributed by atoms with Crippen LogP contribution in [0.25, 0.3) is 0 Å².